The van der Waals surface area contributed by atoms with Gasteiger partial charge in [-0.05, 0) is 42.8 Å². The highest BCUT2D eigenvalue weighted by atomic mass is 16.5. The van der Waals surface area contributed by atoms with Gasteiger partial charge in [0.1, 0.15) is 0 Å². The van der Waals surface area contributed by atoms with Gasteiger partial charge in [0.25, 0.3) is 0 Å². The van der Waals surface area contributed by atoms with Gasteiger partial charge in [-0.15, -0.1) is 0 Å². The molecule has 0 saturated heterocycles. The SMILES string of the molecule is CCCCOC(=O)c1ccc(NC(=O)CCc2nc(-c3ccco3)no2)cc1. The number of nitrogens with zero attached hydrogens (tertiary/aromatic N) is 2. The van der Waals surface area contributed by atoms with E-state index >= 15 is 0 Å². The number of hydrogen-bond donors (Lipinski definition) is 1. The van der Waals surface area contributed by atoms with Gasteiger partial charge >= 0.3 is 5.97 Å². The number of esters is 1. The molecule has 0 fully saturated rings. The Labute approximate surface area is 161 Å². The van der Waals surface area contributed by atoms with E-state index in [-0.39, 0.29) is 18.3 Å². The van der Waals surface area contributed by atoms with E-state index in [2.05, 4.69) is 15.5 Å². The van der Waals surface area contributed by atoms with Crippen LogP contribution in [-0.2, 0) is 16.0 Å². The Bertz CT molecular complexity index is 900. The van der Waals surface area contributed by atoms with Crippen molar-refractivity contribution in [3.8, 4) is 11.6 Å². The van der Waals surface area contributed by atoms with E-state index in [0.717, 1.165) is 12.8 Å². The molecule has 0 aliphatic heterocycles. The van der Waals surface area contributed by atoms with E-state index in [0.29, 0.717) is 41.8 Å². The third-order valence-corrected chi connectivity index (χ3v) is 3.91. The zero-order chi connectivity index (χ0) is 19.8. The van der Waals surface area contributed by atoms with Gasteiger partial charge in [-0.2, -0.15) is 4.98 Å². The van der Waals surface area contributed by atoms with Crippen molar-refractivity contribution >= 4 is 17.6 Å². The predicted octanol–water partition coefficient (Wildman–Crippen LogP) is 3.86. The van der Waals surface area contributed by atoms with Crippen LogP contribution < -0.4 is 5.32 Å². The second-order valence-electron chi connectivity index (χ2n) is 6.10. The number of amides is 1. The van der Waals surface area contributed by atoms with Gasteiger partial charge in [-0.25, -0.2) is 4.79 Å². The molecule has 1 amide bonds. The number of aryl methyl sites for hydroxylation is 1. The molecule has 2 heterocycles. The Hall–Kier alpha value is -3.42. The molecule has 0 atom stereocenters. The van der Waals surface area contributed by atoms with Gasteiger partial charge in [-0.3, -0.25) is 4.79 Å². The van der Waals surface area contributed by atoms with Crippen LogP contribution in [0.25, 0.3) is 11.6 Å². The molecule has 0 aliphatic rings. The Morgan fingerprint density at radius 1 is 1.18 bits per heavy atom. The highest BCUT2D eigenvalue weighted by Gasteiger charge is 2.13. The number of aromatic nitrogens is 2. The van der Waals surface area contributed by atoms with Crippen LogP contribution in [0.3, 0.4) is 0 Å². The molecule has 0 spiro atoms. The number of carbonyl (C=O) groups is 2. The minimum atomic E-state index is -0.366. The number of hydrogen-bond acceptors (Lipinski definition) is 7. The van der Waals surface area contributed by atoms with Crippen LogP contribution >= 0.6 is 0 Å². The molecule has 1 N–H and O–H groups in total. The van der Waals surface area contributed by atoms with Gasteiger partial charge in [0.05, 0.1) is 18.4 Å². The van der Waals surface area contributed by atoms with Gasteiger partial charge in [0.15, 0.2) is 5.76 Å². The van der Waals surface area contributed by atoms with E-state index in [1.165, 1.54) is 6.26 Å². The molecular formula is C20H21N3O5. The molecule has 0 saturated carbocycles. The van der Waals surface area contributed by atoms with Crippen molar-refractivity contribution in [3.63, 3.8) is 0 Å². The Morgan fingerprint density at radius 2 is 2.00 bits per heavy atom. The zero-order valence-electron chi connectivity index (χ0n) is 15.5. The number of ether oxygens (including phenoxy) is 1. The van der Waals surface area contributed by atoms with Crippen molar-refractivity contribution in [1.82, 2.24) is 10.1 Å². The monoisotopic (exact) mass is 383 g/mol. The fraction of sp³-hybridized carbons (Fsp3) is 0.300. The molecule has 0 bridgehead atoms. The number of furan rings is 1. The smallest absolute Gasteiger partial charge is 0.338 e. The van der Waals surface area contributed by atoms with Crippen molar-refractivity contribution in [2.75, 3.05) is 11.9 Å². The van der Waals surface area contributed by atoms with Crippen LogP contribution in [0.2, 0.25) is 0 Å². The fourth-order valence-corrected chi connectivity index (χ4v) is 2.39. The molecule has 1 aromatic carbocycles. The van der Waals surface area contributed by atoms with Gasteiger partial charge in [-0.1, -0.05) is 18.5 Å². The quantitative estimate of drug-likeness (QED) is 0.441. The normalized spacial score (nSPS) is 10.6. The van der Waals surface area contributed by atoms with Gasteiger partial charge in [0.2, 0.25) is 17.6 Å². The van der Waals surface area contributed by atoms with Crippen LogP contribution in [0.1, 0.15) is 42.4 Å². The summed E-state index contributed by atoms with van der Waals surface area (Å²) in [6, 6.07) is 10.0. The molecule has 146 valence electrons. The lowest BCUT2D eigenvalue weighted by atomic mass is 10.2. The first-order valence-corrected chi connectivity index (χ1v) is 9.09. The van der Waals surface area contributed by atoms with Crippen molar-refractivity contribution in [2.24, 2.45) is 0 Å². The number of carbonyl (C=O) groups excluding carboxylic acids is 2. The predicted molar refractivity (Wildman–Crippen MR) is 101 cm³/mol. The van der Waals surface area contributed by atoms with Gasteiger partial charge in [0, 0.05) is 18.5 Å². The topological polar surface area (TPSA) is 107 Å². The molecule has 3 aromatic rings. The number of rotatable bonds is 9. The maximum Gasteiger partial charge on any atom is 0.338 e. The van der Waals surface area contributed by atoms with Crippen LogP contribution in [-0.4, -0.2) is 28.6 Å². The molecule has 3 rings (SSSR count). The second-order valence-corrected chi connectivity index (χ2v) is 6.10. The van der Waals surface area contributed by atoms with Crippen molar-refractivity contribution in [2.45, 2.75) is 32.6 Å². The summed E-state index contributed by atoms with van der Waals surface area (Å²) in [5.74, 6) is 0.646. The summed E-state index contributed by atoms with van der Waals surface area (Å²) in [4.78, 5) is 28.2. The Morgan fingerprint density at radius 3 is 2.71 bits per heavy atom. The summed E-state index contributed by atoms with van der Waals surface area (Å²) in [6.07, 6.45) is 3.81. The Kier molecular flexibility index (Phi) is 6.56. The lowest BCUT2D eigenvalue weighted by Gasteiger charge is -2.06. The summed E-state index contributed by atoms with van der Waals surface area (Å²) in [5.41, 5.74) is 1.04. The Balaban J connectivity index is 1.46. The van der Waals surface area contributed by atoms with Crippen LogP contribution in [0.5, 0.6) is 0 Å². The largest absolute Gasteiger partial charge is 0.462 e. The van der Waals surface area contributed by atoms with E-state index in [9.17, 15) is 9.59 Å². The van der Waals surface area contributed by atoms with Crippen LogP contribution in [0.15, 0.2) is 51.6 Å². The summed E-state index contributed by atoms with van der Waals surface area (Å²) in [7, 11) is 0. The third-order valence-electron chi connectivity index (χ3n) is 3.91. The van der Waals surface area contributed by atoms with Crippen molar-refractivity contribution in [3.05, 3.63) is 54.1 Å². The average Bonchev–Trinajstić information content (AvgIpc) is 3.39. The molecule has 2 aromatic heterocycles. The molecule has 0 aliphatic carbocycles. The highest BCUT2D eigenvalue weighted by molar-refractivity contribution is 5.93. The average molecular weight is 383 g/mol. The van der Waals surface area contributed by atoms with Gasteiger partial charge < -0.3 is 19.0 Å². The lowest BCUT2D eigenvalue weighted by Crippen LogP contribution is -2.13. The minimum Gasteiger partial charge on any atom is -0.462 e. The molecule has 8 heteroatoms. The summed E-state index contributed by atoms with van der Waals surface area (Å²) in [5, 5.41) is 6.58. The van der Waals surface area contributed by atoms with E-state index in [4.69, 9.17) is 13.7 Å². The number of unbranched alkanes of at least 4 members (excludes halogenated alkanes) is 1. The number of anilines is 1. The maximum absolute atomic E-state index is 12.1. The lowest BCUT2D eigenvalue weighted by molar-refractivity contribution is -0.116. The van der Waals surface area contributed by atoms with Crippen molar-refractivity contribution < 1.29 is 23.3 Å². The molecule has 28 heavy (non-hydrogen) atoms. The van der Waals surface area contributed by atoms with Crippen molar-refractivity contribution in [1.29, 1.82) is 0 Å². The zero-order valence-corrected chi connectivity index (χ0v) is 15.5. The number of benzene rings is 1. The molecule has 8 nitrogen and oxygen atoms in total. The molecular weight excluding hydrogens is 362 g/mol. The first-order valence-electron chi connectivity index (χ1n) is 9.09. The van der Waals surface area contributed by atoms with E-state index < -0.39 is 0 Å². The molecule has 0 radical (unpaired) electrons. The van der Waals surface area contributed by atoms with E-state index in [1.54, 1.807) is 36.4 Å². The number of nitrogens with one attached hydrogen (secondary N) is 1. The summed E-state index contributed by atoms with van der Waals surface area (Å²) < 4.78 is 15.5. The van der Waals surface area contributed by atoms with Crippen LogP contribution in [0.4, 0.5) is 5.69 Å². The summed E-state index contributed by atoms with van der Waals surface area (Å²) >= 11 is 0. The minimum absolute atomic E-state index is 0.181. The fourth-order valence-electron chi connectivity index (χ4n) is 2.39. The second kappa shape index (κ2) is 9.50. The maximum atomic E-state index is 12.1. The molecule has 0 unspecified atom stereocenters. The standard InChI is InChI=1S/C20H21N3O5/c1-2-3-12-27-20(25)14-6-8-15(9-7-14)21-17(24)10-11-18-22-19(23-28-18)16-5-4-13-26-16/h4-9,13H,2-3,10-12H2,1H3,(H,21,24). The first-order chi connectivity index (χ1) is 13.7. The van der Waals surface area contributed by atoms with Crippen LogP contribution in [0, 0.1) is 0 Å². The van der Waals surface area contributed by atoms with E-state index in [1.807, 2.05) is 6.92 Å². The first kappa shape index (κ1) is 19.3. The third kappa shape index (κ3) is 5.29. The highest BCUT2D eigenvalue weighted by Crippen LogP contribution is 2.16. The summed E-state index contributed by atoms with van der Waals surface area (Å²) in [6.45, 7) is 2.44.